The van der Waals surface area contributed by atoms with Crippen LogP contribution in [0.25, 0.3) is 0 Å². The van der Waals surface area contributed by atoms with Crippen LogP contribution in [0.15, 0.2) is 18.2 Å². The van der Waals surface area contributed by atoms with Gasteiger partial charge in [-0.1, -0.05) is 0 Å². The standard InChI is InChI=1S/C11H15Se/c1-8-4-5-11(9(2)6-8)10(3)7-12/h4-6,10H,7H2,1-3H3. The molecule has 0 aromatic heterocycles. The molecule has 0 saturated heterocycles. The second-order valence-electron chi connectivity index (χ2n) is 3.43. The second-order valence-corrected chi connectivity index (χ2v) is 4.13. The van der Waals surface area contributed by atoms with Crippen molar-refractivity contribution < 1.29 is 0 Å². The van der Waals surface area contributed by atoms with Crippen LogP contribution in [0.4, 0.5) is 0 Å². The van der Waals surface area contributed by atoms with E-state index in [0.717, 1.165) is 5.32 Å². The summed E-state index contributed by atoms with van der Waals surface area (Å²) in [5.41, 5.74) is 4.24. The Hall–Kier alpha value is -0.261. The maximum atomic E-state index is 3.08. The van der Waals surface area contributed by atoms with Crippen LogP contribution in [0, 0.1) is 13.8 Å². The Bertz CT molecular complexity index is 266. The Balaban J connectivity index is 3.01. The van der Waals surface area contributed by atoms with E-state index in [9.17, 15) is 0 Å². The summed E-state index contributed by atoms with van der Waals surface area (Å²) < 4.78 is 0. The molecule has 0 saturated carbocycles. The van der Waals surface area contributed by atoms with E-state index in [2.05, 4.69) is 55.0 Å². The molecule has 65 valence electrons. The van der Waals surface area contributed by atoms with Crippen molar-refractivity contribution in [3.05, 3.63) is 34.9 Å². The Morgan fingerprint density at radius 1 is 1.33 bits per heavy atom. The molecule has 1 aromatic carbocycles. The normalized spacial score (nSPS) is 13.0. The quantitative estimate of drug-likeness (QED) is 0.680. The van der Waals surface area contributed by atoms with Crippen molar-refractivity contribution in [2.75, 3.05) is 0 Å². The van der Waals surface area contributed by atoms with Crippen LogP contribution < -0.4 is 0 Å². The fourth-order valence-electron chi connectivity index (χ4n) is 1.47. The molecule has 0 amide bonds. The van der Waals surface area contributed by atoms with E-state index in [0.29, 0.717) is 5.92 Å². The fraction of sp³-hybridized carbons (Fsp3) is 0.455. The van der Waals surface area contributed by atoms with Crippen LogP contribution >= 0.6 is 0 Å². The predicted octanol–water partition coefficient (Wildman–Crippen LogP) is 2.99. The molecule has 0 aliphatic carbocycles. The molecular weight excluding hydrogens is 211 g/mol. The van der Waals surface area contributed by atoms with Gasteiger partial charge in [-0.05, 0) is 0 Å². The molecule has 1 atom stereocenters. The summed E-state index contributed by atoms with van der Waals surface area (Å²) in [6.07, 6.45) is 0. The van der Waals surface area contributed by atoms with Crippen LogP contribution in [-0.2, 0) is 0 Å². The average Bonchev–Trinajstić information content (AvgIpc) is 2.03. The number of benzene rings is 1. The van der Waals surface area contributed by atoms with E-state index in [-0.39, 0.29) is 0 Å². The van der Waals surface area contributed by atoms with Crippen molar-refractivity contribution >= 4 is 16.0 Å². The molecule has 0 spiro atoms. The number of rotatable bonds is 2. The third-order valence-electron chi connectivity index (χ3n) is 2.21. The van der Waals surface area contributed by atoms with E-state index in [1.165, 1.54) is 16.7 Å². The van der Waals surface area contributed by atoms with E-state index in [1.807, 2.05) is 0 Å². The van der Waals surface area contributed by atoms with Crippen LogP contribution in [-0.4, -0.2) is 16.0 Å². The monoisotopic (exact) mass is 227 g/mol. The Kier molecular flexibility index (Phi) is 3.37. The van der Waals surface area contributed by atoms with Crippen molar-refractivity contribution in [3.63, 3.8) is 0 Å². The molecule has 0 aliphatic rings. The van der Waals surface area contributed by atoms with Gasteiger partial charge in [0.15, 0.2) is 0 Å². The Labute approximate surface area is 83.2 Å². The third kappa shape index (κ3) is 2.12. The molecule has 0 fully saturated rings. The SMILES string of the molecule is Cc1ccc(C(C)C[Se])c(C)c1. The number of hydrogen-bond donors (Lipinski definition) is 0. The molecule has 12 heavy (non-hydrogen) atoms. The number of aryl methyl sites for hydroxylation is 2. The van der Waals surface area contributed by atoms with Gasteiger partial charge >= 0.3 is 82.9 Å². The first kappa shape index (κ1) is 9.82. The molecule has 0 aliphatic heterocycles. The summed E-state index contributed by atoms with van der Waals surface area (Å²) >= 11 is 3.08. The van der Waals surface area contributed by atoms with Gasteiger partial charge in [-0.3, -0.25) is 0 Å². The van der Waals surface area contributed by atoms with Crippen LogP contribution in [0.1, 0.15) is 29.5 Å². The van der Waals surface area contributed by atoms with E-state index in [4.69, 9.17) is 0 Å². The van der Waals surface area contributed by atoms with Crippen molar-refractivity contribution in [2.45, 2.75) is 32.0 Å². The van der Waals surface area contributed by atoms with Crippen molar-refractivity contribution in [3.8, 4) is 0 Å². The van der Waals surface area contributed by atoms with E-state index < -0.39 is 0 Å². The first-order chi connectivity index (χ1) is 5.65. The maximum absolute atomic E-state index is 3.08. The minimum absolute atomic E-state index is 0.644. The van der Waals surface area contributed by atoms with Gasteiger partial charge in [-0.25, -0.2) is 0 Å². The summed E-state index contributed by atoms with van der Waals surface area (Å²) in [7, 11) is 0. The number of hydrogen-bond acceptors (Lipinski definition) is 0. The van der Waals surface area contributed by atoms with Crippen molar-refractivity contribution in [1.82, 2.24) is 0 Å². The zero-order valence-corrected chi connectivity index (χ0v) is 9.64. The Morgan fingerprint density at radius 2 is 2.00 bits per heavy atom. The molecule has 0 N–H and O–H groups in total. The summed E-state index contributed by atoms with van der Waals surface area (Å²) in [6.45, 7) is 6.59. The van der Waals surface area contributed by atoms with Crippen molar-refractivity contribution in [2.24, 2.45) is 0 Å². The predicted molar refractivity (Wildman–Crippen MR) is 54.9 cm³/mol. The van der Waals surface area contributed by atoms with E-state index in [1.54, 1.807) is 0 Å². The Morgan fingerprint density at radius 3 is 2.50 bits per heavy atom. The van der Waals surface area contributed by atoms with Crippen LogP contribution in [0.2, 0.25) is 5.32 Å². The summed E-state index contributed by atoms with van der Waals surface area (Å²) in [4.78, 5) is 0. The molecular formula is C11H15Se. The molecule has 1 aromatic rings. The van der Waals surface area contributed by atoms with Gasteiger partial charge in [0, 0.05) is 0 Å². The fourth-order valence-corrected chi connectivity index (χ4v) is 1.85. The summed E-state index contributed by atoms with van der Waals surface area (Å²) in [5.74, 6) is 0.644. The molecule has 1 heteroatoms. The van der Waals surface area contributed by atoms with Crippen molar-refractivity contribution in [1.29, 1.82) is 0 Å². The van der Waals surface area contributed by atoms with Gasteiger partial charge in [0.05, 0.1) is 0 Å². The summed E-state index contributed by atoms with van der Waals surface area (Å²) in [6, 6.07) is 6.68. The zero-order valence-electron chi connectivity index (χ0n) is 7.92. The van der Waals surface area contributed by atoms with Gasteiger partial charge in [0.1, 0.15) is 0 Å². The minimum atomic E-state index is 0.644. The second kappa shape index (κ2) is 4.11. The molecule has 1 unspecified atom stereocenters. The van der Waals surface area contributed by atoms with Crippen LogP contribution in [0.5, 0.6) is 0 Å². The molecule has 1 radical (unpaired) electrons. The van der Waals surface area contributed by atoms with Gasteiger partial charge in [-0.15, -0.1) is 0 Å². The first-order valence-electron chi connectivity index (χ1n) is 4.30. The summed E-state index contributed by atoms with van der Waals surface area (Å²) in [5, 5.41) is 1.10. The first-order valence-corrected chi connectivity index (χ1v) is 5.51. The topological polar surface area (TPSA) is 0 Å². The van der Waals surface area contributed by atoms with E-state index >= 15 is 0 Å². The van der Waals surface area contributed by atoms with Gasteiger partial charge < -0.3 is 0 Å². The average molecular weight is 226 g/mol. The third-order valence-corrected chi connectivity index (χ3v) is 3.26. The molecule has 0 heterocycles. The van der Waals surface area contributed by atoms with Crippen LogP contribution in [0.3, 0.4) is 0 Å². The molecule has 1 rings (SSSR count). The zero-order chi connectivity index (χ0) is 9.14. The molecule has 0 nitrogen and oxygen atoms in total. The molecule has 0 bridgehead atoms. The van der Waals surface area contributed by atoms with Gasteiger partial charge in [0.2, 0.25) is 0 Å². The van der Waals surface area contributed by atoms with Gasteiger partial charge in [-0.2, -0.15) is 0 Å². The van der Waals surface area contributed by atoms with Gasteiger partial charge in [0.25, 0.3) is 0 Å².